The number of benzene rings is 1. The molecule has 0 spiro atoms. The lowest BCUT2D eigenvalue weighted by Gasteiger charge is -2.25. The zero-order valence-corrected chi connectivity index (χ0v) is 21.3. The number of anilines is 1. The Hall–Kier alpha value is -3.06. The van der Waals surface area contributed by atoms with E-state index in [1.165, 1.54) is 29.8 Å². The number of hydrogen-bond acceptors (Lipinski definition) is 7. The molecule has 0 aliphatic heterocycles. The highest BCUT2D eigenvalue weighted by Crippen LogP contribution is 2.36. The van der Waals surface area contributed by atoms with Gasteiger partial charge >= 0.3 is 6.18 Å². The minimum Gasteiger partial charge on any atom is -0.477 e. The Morgan fingerprint density at radius 3 is 2.64 bits per heavy atom. The lowest BCUT2D eigenvalue weighted by atomic mass is 9.98. The van der Waals surface area contributed by atoms with Crippen LogP contribution in [0.2, 0.25) is 0 Å². The molecule has 1 saturated carbocycles. The van der Waals surface area contributed by atoms with Gasteiger partial charge in [0.25, 0.3) is 5.91 Å². The molecular formula is C23H24F3N5O3S2. The smallest absolute Gasteiger partial charge is 0.417 e. The summed E-state index contributed by atoms with van der Waals surface area (Å²) in [4.78, 5) is 25.5. The monoisotopic (exact) mass is 539 g/mol. The zero-order valence-electron chi connectivity index (χ0n) is 19.7. The summed E-state index contributed by atoms with van der Waals surface area (Å²) in [5.74, 6) is -0.720. The van der Waals surface area contributed by atoms with Crippen molar-refractivity contribution in [2.24, 2.45) is 0 Å². The van der Waals surface area contributed by atoms with E-state index in [0.29, 0.717) is 17.4 Å². The number of rotatable bonds is 9. The molecule has 2 aromatic heterocycles. The molecule has 4 rings (SSSR count). The van der Waals surface area contributed by atoms with Gasteiger partial charge in [0.2, 0.25) is 5.88 Å². The van der Waals surface area contributed by atoms with Crippen LogP contribution >= 0.6 is 11.3 Å². The molecule has 1 unspecified atom stereocenters. The molecule has 1 aliphatic rings. The van der Waals surface area contributed by atoms with Crippen molar-refractivity contribution in [1.29, 1.82) is 0 Å². The van der Waals surface area contributed by atoms with E-state index in [9.17, 15) is 22.2 Å². The number of nitrogens with one attached hydrogen (secondary N) is 2. The van der Waals surface area contributed by atoms with Crippen LogP contribution in [0, 0.1) is 0 Å². The second-order valence-corrected chi connectivity index (χ2v) is 11.0. The van der Waals surface area contributed by atoms with Crippen LogP contribution in [-0.4, -0.2) is 36.9 Å². The van der Waals surface area contributed by atoms with Gasteiger partial charge in [-0.3, -0.25) is 14.5 Å². The number of alkyl halides is 3. The standard InChI is InChI=1S/C23H24F3N5O3S2/c1-4-34-19-11-27-10-17(28-19)13-5-8-15(16(9-13)23(24,25)26)20(32)30-22(2,3)18-12-35-21(29-18)31-36(33)14-6-7-14/h5,8-12,14H,4,6-7H2,1-3H3,(H,29,31)(H,30,32). The van der Waals surface area contributed by atoms with Crippen molar-refractivity contribution in [2.45, 2.75) is 50.6 Å². The lowest BCUT2D eigenvalue weighted by molar-refractivity contribution is -0.137. The van der Waals surface area contributed by atoms with Gasteiger partial charge in [-0.05, 0) is 45.7 Å². The topological polar surface area (TPSA) is 106 Å². The van der Waals surface area contributed by atoms with Crippen LogP contribution in [0.5, 0.6) is 5.88 Å². The fourth-order valence-corrected chi connectivity index (χ4v) is 5.42. The highest BCUT2D eigenvalue weighted by Gasteiger charge is 2.37. The van der Waals surface area contributed by atoms with Gasteiger partial charge < -0.3 is 10.1 Å². The second kappa shape index (κ2) is 10.1. The molecule has 0 saturated heterocycles. The Bertz CT molecular complexity index is 1290. The molecule has 2 heterocycles. The van der Waals surface area contributed by atoms with Crippen LogP contribution in [0.15, 0.2) is 36.0 Å². The van der Waals surface area contributed by atoms with E-state index < -0.39 is 39.7 Å². The van der Waals surface area contributed by atoms with E-state index in [2.05, 4.69) is 25.0 Å². The molecular weight excluding hydrogens is 515 g/mol. The van der Waals surface area contributed by atoms with Crippen molar-refractivity contribution in [3.05, 3.63) is 52.8 Å². The number of hydrogen-bond donors (Lipinski definition) is 2. The van der Waals surface area contributed by atoms with Crippen molar-refractivity contribution < 1.29 is 26.9 Å². The lowest BCUT2D eigenvalue weighted by Crippen LogP contribution is -2.42. The number of ether oxygens (including phenoxy) is 1. The van der Waals surface area contributed by atoms with Crippen molar-refractivity contribution in [3.63, 3.8) is 0 Å². The predicted octanol–water partition coefficient (Wildman–Crippen LogP) is 4.92. The fraction of sp³-hybridized carbons (Fsp3) is 0.391. The first-order chi connectivity index (χ1) is 17.0. The summed E-state index contributed by atoms with van der Waals surface area (Å²) in [5, 5.41) is 4.85. The van der Waals surface area contributed by atoms with Crippen molar-refractivity contribution >= 4 is 33.4 Å². The highest BCUT2D eigenvalue weighted by atomic mass is 32.2. The Morgan fingerprint density at radius 2 is 1.97 bits per heavy atom. The van der Waals surface area contributed by atoms with Crippen LogP contribution in [0.25, 0.3) is 11.3 Å². The predicted molar refractivity (Wildman–Crippen MR) is 131 cm³/mol. The molecule has 1 amide bonds. The molecule has 1 aliphatic carbocycles. The largest absolute Gasteiger partial charge is 0.477 e. The Balaban J connectivity index is 1.57. The zero-order chi connectivity index (χ0) is 26.1. The average molecular weight is 540 g/mol. The molecule has 0 bridgehead atoms. The van der Waals surface area contributed by atoms with Gasteiger partial charge in [-0.25, -0.2) is 14.2 Å². The first-order valence-corrected chi connectivity index (χ1v) is 13.2. The summed E-state index contributed by atoms with van der Waals surface area (Å²) in [6.07, 6.45) is -0.313. The quantitative estimate of drug-likeness (QED) is 0.400. The van der Waals surface area contributed by atoms with Gasteiger partial charge in [0.05, 0.1) is 52.3 Å². The number of thiazole rings is 1. The van der Waals surface area contributed by atoms with Crippen LogP contribution in [0.1, 0.15) is 55.2 Å². The van der Waals surface area contributed by atoms with Gasteiger partial charge in [-0.2, -0.15) is 13.2 Å². The normalized spacial score (nSPS) is 14.8. The Morgan fingerprint density at radius 1 is 1.22 bits per heavy atom. The molecule has 1 fully saturated rings. The van der Waals surface area contributed by atoms with Crippen LogP contribution in [-0.2, 0) is 22.7 Å². The summed E-state index contributed by atoms with van der Waals surface area (Å²) in [7, 11) is -1.23. The van der Waals surface area contributed by atoms with Gasteiger partial charge in [-0.15, -0.1) is 11.3 Å². The van der Waals surface area contributed by atoms with E-state index in [-0.39, 0.29) is 22.4 Å². The molecule has 36 heavy (non-hydrogen) atoms. The SMILES string of the molecule is CCOc1cncc(-c2ccc(C(=O)NC(C)(C)c3csc(NS(=O)C4CC4)n3)c(C(F)(F)F)c2)n1. The summed E-state index contributed by atoms with van der Waals surface area (Å²) in [6.45, 7) is 5.36. The molecule has 192 valence electrons. The minimum absolute atomic E-state index is 0.112. The number of carbonyl (C=O) groups excluding carboxylic acids is 1. The first kappa shape index (κ1) is 26.0. The third kappa shape index (κ3) is 6.01. The van der Waals surface area contributed by atoms with E-state index in [0.717, 1.165) is 25.0 Å². The van der Waals surface area contributed by atoms with Gasteiger partial charge in [0.15, 0.2) is 5.13 Å². The minimum atomic E-state index is -4.79. The Kier molecular flexibility index (Phi) is 7.32. The molecule has 3 aromatic rings. The third-order valence-electron chi connectivity index (χ3n) is 5.36. The summed E-state index contributed by atoms with van der Waals surface area (Å²) in [6, 6.07) is 3.38. The number of aromatic nitrogens is 3. The van der Waals surface area contributed by atoms with Crippen molar-refractivity contribution in [2.75, 3.05) is 11.3 Å². The molecule has 1 aromatic carbocycles. The third-order valence-corrected chi connectivity index (χ3v) is 7.71. The van der Waals surface area contributed by atoms with E-state index in [4.69, 9.17) is 4.74 Å². The number of nitrogens with zero attached hydrogens (tertiary/aromatic N) is 3. The molecule has 13 heteroatoms. The molecule has 8 nitrogen and oxygen atoms in total. The molecule has 0 radical (unpaired) electrons. The summed E-state index contributed by atoms with van der Waals surface area (Å²) in [5.41, 5.74) is -1.96. The first-order valence-electron chi connectivity index (χ1n) is 11.1. The van der Waals surface area contributed by atoms with Gasteiger partial charge in [0, 0.05) is 10.9 Å². The van der Waals surface area contributed by atoms with Crippen LogP contribution < -0.4 is 14.8 Å². The summed E-state index contributed by atoms with van der Waals surface area (Å²) < 4.78 is 62.1. The highest BCUT2D eigenvalue weighted by molar-refractivity contribution is 7.87. The maximum Gasteiger partial charge on any atom is 0.417 e. The van der Waals surface area contributed by atoms with Crippen molar-refractivity contribution in [3.8, 4) is 17.1 Å². The number of halogens is 3. The van der Waals surface area contributed by atoms with Gasteiger partial charge in [-0.1, -0.05) is 6.07 Å². The molecule has 1 atom stereocenters. The molecule has 2 N–H and O–H groups in total. The van der Waals surface area contributed by atoms with Gasteiger partial charge in [0.1, 0.15) is 11.0 Å². The maximum absolute atomic E-state index is 14.0. The average Bonchev–Trinajstić information content (AvgIpc) is 3.57. The van der Waals surface area contributed by atoms with Crippen LogP contribution in [0.3, 0.4) is 0 Å². The fourth-order valence-electron chi connectivity index (χ4n) is 3.32. The van der Waals surface area contributed by atoms with Crippen molar-refractivity contribution in [1.82, 2.24) is 20.3 Å². The summed E-state index contributed by atoms with van der Waals surface area (Å²) >= 11 is 1.21. The van der Waals surface area contributed by atoms with E-state index in [1.807, 2.05) is 0 Å². The maximum atomic E-state index is 14.0. The second-order valence-electron chi connectivity index (χ2n) is 8.65. The number of carbonyl (C=O) groups is 1. The van der Waals surface area contributed by atoms with E-state index >= 15 is 0 Å². The Labute approximate surface area is 212 Å². The number of amides is 1. The van der Waals surface area contributed by atoms with E-state index in [1.54, 1.807) is 26.2 Å². The van der Waals surface area contributed by atoms with Crippen LogP contribution in [0.4, 0.5) is 18.3 Å².